The van der Waals surface area contributed by atoms with Crippen molar-refractivity contribution in [2.45, 2.75) is 12.8 Å². The van der Waals surface area contributed by atoms with E-state index in [1.54, 1.807) is 12.1 Å². The minimum Gasteiger partial charge on any atom is -0.481 e. The van der Waals surface area contributed by atoms with Gasteiger partial charge < -0.3 is 10.4 Å². The van der Waals surface area contributed by atoms with Crippen molar-refractivity contribution in [3.05, 3.63) is 40.3 Å². The summed E-state index contributed by atoms with van der Waals surface area (Å²) >= 11 is 1.10. The number of hydrogen-bond donors (Lipinski definition) is 2. The lowest BCUT2D eigenvalue weighted by molar-refractivity contribution is -0.136. The molecular formula is C12H11N3O3S. The summed E-state index contributed by atoms with van der Waals surface area (Å²) < 4.78 is 0. The van der Waals surface area contributed by atoms with Crippen LogP contribution >= 0.6 is 11.3 Å². The summed E-state index contributed by atoms with van der Waals surface area (Å²) in [5, 5.41) is 19.6. The van der Waals surface area contributed by atoms with Gasteiger partial charge in [-0.15, -0.1) is 10.2 Å². The Balaban J connectivity index is 1.98. The molecule has 19 heavy (non-hydrogen) atoms. The second-order valence-corrected chi connectivity index (χ2v) is 4.78. The average Bonchev–Trinajstić information content (AvgIpc) is 2.86. The number of benzene rings is 1. The Hall–Kier alpha value is -2.28. The minimum absolute atomic E-state index is 0.0189. The molecule has 1 heterocycles. The zero-order valence-electron chi connectivity index (χ0n) is 9.87. The number of hydrogen-bond acceptors (Lipinski definition) is 5. The normalized spacial score (nSPS) is 10.1. The first-order valence-corrected chi connectivity index (χ1v) is 6.37. The monoisotopic (exact) mass is 277 g/mol. The number of carboxylic acid groups (broad SMARTS) is 1. The molecule has 0 spiro atoms. The molecule has 1 amide bonds. The van der Waals surface area contributed by atoms with Gasteiger partial charge in [-0.3, -0.25) is 9.59 Å². The quantitative estimate of drug-likeness (QED) is 0.869. The Labute approximate surface area is 113 Å². The molecule has 98 valence electrons. The van der Waals surface area contributed by atoms with Crippen LogP contribution in [0.4, 0.5) is 5.69 Å². The highest BCUT2D eigenvalue weighted by Gasteiger charge is 2.13. The first-order valence-electron chi connectivity index (χ1n) is 5.56. The number of nitrogens with one attached hydrogen (secondary N) is 1. The van der Waals surface area contributed by atoms with E-state index in [0.717, 1.165) is 11.3 Å². The molecule has 0 radical (unpaired) electrons. The lowest BCUT2D eigenvalue weighted by Gasteiger charge is -2.00. The predicted molar refractivity (Wildman–Crippen MR) is 70.3 cm³/mol. The highest BCUT2D eigenvalue weighted by Crippen LogP contribution is 2.14. The van der Waals surface area contributed by atoms with Gasteiger partial charge in [0, 0.05) is 12.1 Å². The predicted octanol–water partition coefficient (Wildman–Crippen LogP) is 1.81. The molecule has 2 N–H and O–H groups in total. The van der Waals surface area contributed by atoms with Gasteiger partial charge in [0.25, 0.3) is 5.91 Å². The Morgan fingerprint density at radius 3 is 2.63 bits per heavy atom. The summed E-state index contributed by atoms with van der Waals surface area (Å²) in [6.45, 7) is 0. The molecule has 0 aliphatic carbocycles. The Kier molecular flexibility index (Phi) is 4.19. The third kappa shape index (κ3) is 3.85. The average molecular weight is 277 g/mol. The standard InChI is InChI=1S/C12H11N3O3S/c16-10(17)7-6-9-14-15-12(19-9)11(18)13-8-4-2-1-3-5-8/h1-5H,6-7H2,(H,13,18)(H,16,17). The summed E-state index contributed by atoms with van der Waals surface area (Å²) in [6.07, 6.45) is 0.264. The topological polar surface area (TPSA) is 92.2 Å². The molecule has 2 aromatic rings. The molecule has 7 heteroatoms. The van der Waals surface area contributed by atoms with Crippen molar-refractivity contribution in [2.24, 2.45) is 0 Å². The van der Waals surface area contributed by atoms with Crippen molar-refractivity contribution in [1.29, 1.82) is 0 Å². The van der Waals surface area contributed by atoms with Crippen LogP contribution in [0, 0.1) is 0 Å². The van der Waals surface area contributed by atoms with Gasteiger partial charge in [-0.05, 0) is 12.1 Å². The summed E-state index contributed by atoms with van der Waals surface area (Å²) in [5.74, 6) is -1.24. The Bertz CT molecular complexity index is 583. The van der Waals surface area contributed by atoms with Gasteiger partial charge in [-0.2, -0.15) is 0 Å². The second-order valence-electron chi connectivity index (χ2n) is 3.71. The van der Waals surface area contributed by atoms with Crippen LogP contribution in [-0.4, -0.2) is 27.2 Å². The van der Waals surface area contributed by atoms with Crippen molar-refractivity contribution in [1.82, 2.24) is 10.2 Å². The minimum atomic E-state index is -0.898. The van der Waals surface area contributed by atoms with Crippen LogP contribution in [0.3, 0.4) is 0 Å². The van der Waals surface area contributed by atoms with Crippen molar-refractivity contribution < 1.29 is 14.7 Å². The number of carboxylic acids is 1. The molecule has 0 aliphatic heterocycles. The molecular weight excluding hydrogens is 266 g/mol. The van der Waals surface area contributed by atoms with Crippen LogP contribution in [-0.2, 0) is 11.2 Å². The van der Waals surface area contributed by atoms with E-state index in [4.69, 9.17) is 5.11 Å². The molecule has 0 saturated carbocycles. The maximum absolute atomic E-state index is 11.8. The lowest BCUT2D eigenvalue weighted by atomic mass is 10.3. The molecule has 0 unspecified atom stereocenters. The summed E-state index contributed by atoms with van der Waals surface area (Å²) in [6, 6.07) is 9.02. The summed E-state index contributed by atoms with van der Waals surface area (Å²) in [5.41, 5.74) is 0.676. The van der Waals surface area contributed by atoms with E-state index in [1.165, 1.54) is 0 Å². The third-order valence-corrected chi connectivity index (χ3v) is 3.23. The van der Waals surface area contributed by atoms with Gasteiger partial charge >= 0.3 is 5.97 Å². The van der Waals surface area contributed by atoms with E-state index in [1.807, 2.05) is 18.2 Å². The van der Waals surface area contributed by atoms with E-state index < -0.39 is 5.97 Å². The van der Waals surface area contributed by atoms with E-state index >= 15 is 0 Å². The van der Waals surface area contributed by atoms with Gasteiger partial charge in [0.1, 0.15) is 5.01 Å². The highest BCUT2D eigenvalue weighted by molar-refractivity contribution is 7.13. The number of nitrogens with zero attached hydrogens (tertiary/aromatic N) is 2. The fraction of sp³-hybridized carbons (Fsp3) is 0.167. The van der Waals surface area contributed by atoms with Gasteiger partial charge in [0.15, 0.2) is 0 Å². The number of carbonyl (C=O) groups excluding carboxylic acids is 1. The molecule has 0 atom stereocenters. The zero-order chi connectivity index (χ0) is 13.7. The Morgan fingerprint density at radius 1 is 1.21 bits per heavy atom. The molecule has 6 nitrogen and oxygen atoms in total. The fourth-order valence-electron chi connectivity index (χ4n) is 1.37. The van der Waals surface area contributed by atoms with Gasteiger partial charge in [0.2, 0.25) is 5.01 Å². The number of rotatable bonds is 5. The van der Waals surface area contributed by atoms with Crippen LogP contribution in [0.25, 0.3) is 0 Å². The number of anilines is 1. The van der Waals surface area contributed by atoms with E-state index in [2.05, 4.69) is 15.5 Å². The molecule has 2 rings (SSSR count). The smallest absolute Gasteiger partial charge is 0.303 e. The Morgan fingerprint density at radius 2 is 1.95 bits per heavy atom. The molecule has 0 fully saturated rings. The van der Waals surface area contributed by atoms with E-state index in [-0.39, 0.29) is 23.8 Å². The van der Waals surface area contributed by atoms with Crippen molar-refractivity contribution in [2.75, 3.05) is 5.32 Å². The van der Waals surface area contributed by atoms with Crippen LogP contribution in [0.1, 0.15) is 21.2 Å². The number of carbonyl (C=O) groups is 2. The fourth-order valence-corrected chi connectivity index (χ4v) is 2.10. The number of aryl methyl sites for hydroxylation is 1. The molecule has 0 aliphatic rings. The molecule has 0 bridgehead atoms. The van der Waals surface area contributed by atoms with Crippen molar-refractivity contribution >= 4 is 28.9 Å². The molecule has 1 aromatic carbocycles. The third-order valence-electron chi connectivity index (χ3n) is 2.25. The van der Waals surface area contributed by atoms with Crippen molar-refractivity contribution in [3.63, 3.8) is 0 Å². The second kappa shape index (κ2) is 6.05. The SMILES string of the molecule is O=C(O)CCc1nnc(C(=O)Nc2ccccc2)s1. The first kappa shape index (κ1) is 13.2. The van der Waals surface area contributed by atoms with Crippen LogP contribution in [0.15, 0.2) is 30.3 Å². The van der Waals surface area contributed by atoms with Gasteiger partial charge in [-0.25, -0.2) is 0 Å². The molecule has 1 aromatic heterocycles. The lowest BCUT2D eigenvalue weighted by Crippen LogP contribution is -2.11. The molecule has 0 saturated heterocycles. The number of aromatic nitrogens is 2. The number of aliphatic carboxylic acids is 1. The van der Waals surface area contributed by atoms with Crippen LogP contribution in [0.2, 0.25) is 0 Å². The zero-order valence-corrected chi connectivity index (χ0v) is 10.7. The van der Waals surface area contributed by atoms with E-state index in [9.17, 15) is 9.59 Å². The van der Waals surface area contributed by atoms with E-state index in [0.29, 0.717) is 10.7 Å². The largest absolute Gasteiger partial charge is 0.481 e. The van der Waals surface area contributed by atoms with Crippen molar-refractivity contribution in [3.8, 4) is 0 Å². The maximum atomic E-state index is 11.8. The van der Waals surface area contributed by atoms with Gasteiger partial charge in [0.05, 0.1) is 6.42 Å². The van der Waals surface area contributed by atoms with Crippen LogP contribution in [0.5, 0.6) is 0 Å². The first-order chi connectivity index (χ1) is 9.15. The summed E-state index contributed by atoms with van der Waals surface area (Å²) in [4.78, 5) is 22.3. The highest BCUT2D eigenvalue weighted by atomic mass is 32.1. The maximum Gasteiger partial charge on any atom is 0.303 e. The summed E-state index contributed by atoms with van der Waals surface area (Å²) in [7, 11) is 0. The number of amides is 1. The van der Waals surface area contributed by atoms with Crippen LogP contribution < -0.4 is 5.32 Å². The van der Waals surface area contributed by atoms with Gasteiger partial charge in [-0.1, -0.05) is 29.5 Å². The number of para-hydroxylation sites is 1.